The lowest BCUT2D eigenvalue weighted by atomic mass is 9.48. The average Bonchev–Trinajstić information content (AvgIpc) is 3.02. The zero-order valence-corrected chi connectivity index (χ0v) is 14.2. The van der Waals surface area contributed by atoms with E-state index in [4.69, 9.17) is 14.2 Å². The first-order valence-electron chi connectivity index (χ1n) is 8.47. The van der Waals surface area contributed by atoms with Gasteiger partial charge in [0.25, 0.3) is 0 Å². The third-order valence-electron chi connectivity index (χ3n) is 5.95. The van der Waals surface area contributed by atoms with Crippen molar-refractivity contribution in [2.75, 3.05) is 20.3 Å². The number of fused-ring (bicyclic) bond motifs is 2. The van der Waals surface area contributed by atoms with Crippen LogP contribution in [0.5, 0.6) is 0 Å². The molecule has 0 bridgehead atoms. The molecule has 2 aliphatic carbocycles. The molecule has 6 nitrogen and oxygen atoms in total. The van der Waals surface area contributed by atoms with Crippen molar-refractivity contribution in [3.05, 3.63) is 12.7 Å². The number of rotatable bonds is 3. The first-order chi connectivity index (χ1) is 11.4. The molecule has 0 aromatic carbocycles. The van der Waals surface area contributed by atoms with Crippen LogP contribution in [0.25, 0.3) is 0 Å². The van der Waals surface area contributed by atoms with Gasteiger partial charge in [-0.1, -0.05) is 13.0 Å². The lowest BCUT2D eigenvalue weighted by Gasteiger charge is -2.56. The van der Waals surface area contributed by atoms with Gasteiger partial charge < -0.3 is 14.2 Å². The van der Waals surface area contributed by atoms with Crippen molar-refractivity contribution in [3.8, 4) is 0 Å². The third-order valence-corrected chi connectivity index (χ3v) is 5.95. The Morgan fingerprint density at radius 1 is 1.38 bits per heavy atom. The van der Waals surface area contributed by atoms with Crippen molar-refractivity contribution in [3.63, 3.8) is 0 Å². The van der Waals surface area contributed by atoms with Crippen LogP contribution in [0.3, 0.4) is 0 Å². The van der Waals surface area contributed by atoms with Gasteiger partial charge in [-0.25, -0.2) is 0 Å². The maximum absolute atomic E-state index is 13.0. The quantitative estimate of drug-likeness (QED) is 0.443. The van der Waals surface area contributed by atoms with Crippen molar-refractivity contribution in [1.82, 2.24) is 0 Å². The number of carbonyl (C=O) groups is 3. The molecule has 1 aliphatic heterocycles. The minimum Gasteiger partial charge on any atom is -0.468 e. The summed E-state index contributed by atoms with van der Waals surface area (Å²) in [5.41, 5.74) is -1.39. The topological polar surface area (TPSA) is 78.9 Å². The summed E-state index contributed by atoms with van der Waals surface area (Å²) >= 11 is 0. The van der Waals surface area contributed by atoms with E-state index in [0.717, 1.165) is 0 Å². The second kappa shape index (κ2) is 6.08. The molecular weight excluding hydrogens is 312 g/mol. The number of esters is 1. The van der Waals surface area contributed by atoms with Gasteiger partial charge in [-0.05, 0) is 12.3 Å². The molecule has 0 aromatic rings. The summed E-state index contributed by atoms with van der Waals surface area (Å²) in [6.07, 6.45) is 2.76. The van der Waals surface area contributed by atoms with Crippen molar-refractivity contribution >= 4 is 17.5 Å². The van der Waals surface area contributed by atoms with Crippen LogP contribution in [0.1, 0.15) is 32.6 Å². The Labute approximate surface area is 141 Å². The van der Waals surface area contributed by atoms with Gasteiger partial charge in [-0.2, -0.15) is 0 Å². The van der Waals surface area contributed by atoms with Crippen LogP contribution in [-0.4, -0.2) is 43.6 Å². The Morgan fingerprint density at radius 2 is 2.04 bits per heavy atom. The smallest absolute Gasteiger partial charge is 0.320 e. The molecule has 1 heterocycles. The van der Waals surface area contributed by atoms with Gasteiger partial charge in [0.2, 0.25) is 0 Å². The molecular formula is C18H24O6. The fourth-order valence-electron chi connectivity index (χ4n) is 5.03. The molecule has 132 valence electrons. The lowest BCUT2D eigenvalue weighted by molar-refractivity contribution is -0.262. The van der Waals surface area contributed by atoms with Crippen molar-refractivity contribution < 1.29 is 28.6 Å². The number of methoxy groups -OCH3 is 1. The van der Waals surface area contributed by atoms with E-state index in [0.29, 0.717) is 26.1 Å². The molecule has 1 saturated heterocycles. The Morgan fingerprint density at radius 3 is 2.62 bits per heavy atom. The van der Waals surface area contributed by atoms with Gasteiger partial charge in [-0.3, -0.25) is 14.4 Å². The number of allylic oxidation sites excluding steroid dienone is 1. The summed E-state index contributed by atoms with van der Waals surface area (Å²) in [6, 6.07) is 0. The second-order valence-electron chi connectivity index (χ2n) is 6.97. The predicted molar refractivity (Wildman–Crippen MR) is 83.9 cm³/mol. The highest BCUT2D eigenvalue weighted by molar-refractivity contribution is 6.07. The molecule has 4 atom stereocenters. The molecule has 0 radical (unpaired) electrons. The first-order valence-corrected chi connectivity index (χ1v) is 8.47. The van der Waals surface area contributed by atoms with E-state index >= 15 is 0 Å². The Hall–Kier alpha value is -1.53. The fourth-order valence-corrected chi connectivity index (χ4v) is 5.03. The summed E-state index contributed by atoms with van der Waals surface area (Å²) in [4.78, 5) is 38.6. The van der Waals surface area contributed by atoms with E-state index in [1.54, 1.807) is 13.0 Å². The maximum Gasteiger partial charge on any atom is 0.320 e. The van der Waals surface area contributed by atoms with Crippen molar-refractivity contribution in [2.24, 2.45) is 23.2 Å². The van der Waals surface area contributed by atoms with Crippen LogP contribution in [-0.2, 0) is 28.6 Å². The van der Waals surface area contributed by atoms with Crippen LogP contribution < -0.4 is 0 Å². The fraction of sp³-hybridized carbons (Fsp3) is 0.722. The standard InChI is InChI=1S/C18H24O6/c1-4-5-12-13(19)10-11(2)18(16(21)22-3)14(20)6-7-17(15(12)18)23-8-9-24-17/h4,11-12,15H,1,5-10H2,2-3H3/t11-,12-,15+,18+/m0/s1. The average molecular weight is 336 g/mol. The van der Waals surface area contributed by atoms with Crippen LogP contribution in [0, 0.1) is 23.2 Å². The van der Waals surface area contributed by atoms with E-state index in [1.165, 1.54) is 7.11 Å². The van der Waals surface area contributed by atoms with E-state index in [2.05, 4.69) is 6.58 Å². The molecule has 3 aliphatic rings. The number of hydrogen-bond acceptors (Lipinski definition) is 6. The zero-order chi connectivity index (χ0) is 17.5. The van der Waals surface area contributed by atoms with Gasteiger partial charge in [0, 0.05) is 31.1 Å². The van der Waals surface area contributed by atoms with Crippen LogP contribution >= 0.6 is 0 Å². The molecule has 24 heavy (non-hydrogen) atoms. The number of ether oxygens (including phenoxy) is 3. The summed E-state index contributed by atoms with van der Waals surface area (Å²) in [6.45, 7) is 6.30. The zero-order valence-electron chi connectivity index (χ0n) is 14.2. The Balaban J connectivity index is 2.21. The number of hydrogen-bond donors (Lipinski definition) is 0. The Bertz CT molecular complexity index is 566. The number of Topliss-reactive ketones (excluding diaryl/α,β-unsaturated/α-hetero) is 2. The van der Waals surface area contributed by atoms with Crippen LogP contribution in [0.2, 0.25) is 0 Å². The molecule has 3 fully saturated rings. The molecule has 0 N–H and O–H groups in total. The molecule has 1 spiro atoms. The molecule has 6 heteroatoms. The van der Waals surface area contributed by atoms with Crippen LogP contribution in [0.4, 0.5) is 0 Å². The highest BCUT2D eigenvalue weighted by Gasteiger charge is 2.71. The molecule has 2 saturated carbocycles. The highest BCUT2D eigenvalue weighted by Crippen LogP contribution is 2.59. The predicted octanol–water partition coefficient (Wildman–Crippen LogP) is 1.67. The summed E-state index contributed by atoms with van der Waals surface area (Å²) in [7, 11) is 1.28. The van der Waals surface area contributed by atoms with Gasteiger partial charge >= 0.3 is 5.97 Å². The maximum atomic E-state index is 13.0. The molecule has 0 amide bonds. The first kappa shape index (κ1) is 17.3. The molecule has 0 aromatic heterocycles. The van der Waals surface area contributed by atoms with Gasteiger partial charge in [0.05, 0.1) is 20.3 Å². The molecule has 3 rings (SSSR count). The van der Waals surface area contributed by atoms with E-state index in [-0.39, 0.29) is 24.4 Å². The van der Waals surface area contributed by atoms with Gasteiger partial charge in [0.1, 0.15) is 11.2 Å². The number of ketones is 2. The second-order valence-corrected chi connectivity index (χ2v) is 6.97. The van der Waals surface area contributed by atoms with E-state index in [1.807, 2.05) is 0 Å². The van der Waals surface area contributed by atoms with Crippen molar-refractivity contribution in [2.45, 2.75) is 38.4 Å². The Kier molecular flexibility index (Phi) is 4.38. The minimum atomic E-state index is -1.39. The highest BCUT2D eigenvalue weighted by atomic mass is 16.7. The van der Waals surface area contributed by atoms with E-state index < -0.39 is 34.9 Å². The largest absolute Gasteiger partial charge is 0.468 e. The van der Waals surface area contributed by atoms with Gasteiger partial charge in [-0.15, -0.1) is 6.58 Å². The lowest BCUT2D eigenvalue weighted by Crippen LogP contribution is -2.68. The summed E-state index contributed by atoms with van der Waals surface area (Å²) < 4.78 is 16.9. The van der Waals surface area contributed by atoms with E-state index in [9.17, 15) is 14.4 Å². The normalized spacial score (nSPS) is 38.0. The summed E-state index contributed by atoms with van der Waals surface area (Å²) in [5.74, 6) is -3.43. The minimum absolute atomic E-state index is 0.0279. The third kappa shape index (κ3) is 2.12. The van der Waals surface area contributed by atoms with Crippen LogP contribution in [0.15, 0.2) is 12.7 Å². The summed E-state index contributed by atoms with van der Waals surface area (Å²) in [5, 5.41) is 0. The number of carbonyl (C=O) groups excluding carboxylic acids is 3. The monoisotopic (exact) mass is 336 g/mol. The van der Waals surface area contributed by atoms with Crippen molar-refractivity contribution in [1.29, 1.82) is 0 Å². The molecule has 0 unspecified atom stereocenters. The SMILES string of the molecule is C=CC[C@H]1C(=O)C[C@H](C)[C@@]2(C(=O)OC)C(=O)CCC3(OCCO3)[C@@H]12. The van der Waals surface area contributed by atoms with Gasteiger partial charge in [0.15, 0.2) is 11.6 Å².